The molecule has 0 fully saturated rings. The van der Waals surface area contributed by atoms with E-state index in [-0.39, 0.29) is 5.41 Å². The maximum Gasteiger partial charge on any atom is 0.0763 e. The summed E-state index contributed by atoms with van der Waals surface area (Å²) >= 11 is 1.89. The first kappa shape index (κ1) is 16.0. The summed E-state index contributed by atoms with van der Waals surface area (Å²) in [5.74, 6) is 0. The zero-order valence-corrected chi connectivity index (χ0v) is 16.4. The first-order valence-electron chi connectivity index (χ1n) is 9.61. The van der Waals surface area contributed by atoms with Crippen molar-refractivity contribution in [3.63, 3.8) is 0 Å². The molecule has 2 aliphatic heterocycles. The third-order valence-electron chi connectivity index (χ3n) is 6.14. The monoisotopic (exact) mass is 377 g/mol. The van der Waals surface area contributed by atoms with E-state index in [4.69, 9.17) is 0 Å². The predicted molar refractivity (Wildman–Crippen MR) is 117 cm³/mol. The van der Waals surface area contributed by atoms with Crippen molar-refractivity contribution in [1.82, 2.24) is 0 Å². The quantitative estimate of drug-likeness (QED) is 0.298. The Morgan fingerprint density at radius 3 is 1.43 bits per heavy atom. The van der Waals surface area contributed by atoms with Crippen LogP contribution in [0.5, 0.6) is 0 Å². The van der Waals surface area contributed by atoms with Gasteiger partial charge in [-0.2, -0.15) is 0 Å². The molecule has 4 aromatic rings. The summed E-state index contributed by atoms with van der Waals surface area (Å²) < 4.78 is 0. The van der Waals surface area contributed by atoms with E-state index in [0.717, 1.165) is 0 Å². The van der Waals surface area contributed by atoms with Crippen LogP contribution < -0.4 is 4.90 Å². The molecule has 134 valence electrons. The minimum absolute atomic E-state index is 0.294. The lowest BCUT2D eigenvalue weighted by Crippen LogP contribution is -2.39. The maximum atomic E-state index is 2.34. The van der Waals surface area contributed by atoms with E-state index in [1.165, 1.54) is 43.4 Å². The molecule has 0 amide bonds. The van der Waals surface area contributed by atoms with Crippen LogP contribution in [-0.4, -0.2) is 7.05 Å². The van der Waals surface area contributed by atoms with Gasteiger partial charge in [0.2, 0.25) is 0 Å². The van der Waals surface area contributed by atoms with Crippen molar-refractivity contribution in [2.75, 3.05) is 11.9 Å². The molecule has 0 radical (unpaired) electrons. The topological polar surface area (TPSA) is 3.24 Å². The summed E-state index contributed by atoms with van der Waals surface area (Å²) in [6.07, 6.45) is 0. The van der Waals surface area contributed by atoms with Gasteiger partial charge in [0.25, 0.3) is 0 Å². The molecule has 0 unspecified atom stereocenters. The van der Waals surface area contributed by atoms with Crippen molar-refractivity contribution >= 4 is 23.1 Å². The molecule has 0 bridgehead atoms. The van der Waals surface area contributed by atoms with Gasteiger partial charge in [-0.15, -0.1) is 0 Å². The molecule has 6 rings (SSSR count). The second kappa shape index (κ2) is 5.76. The number of anilines is 2. The Morgan fingerprint density at radius 1 is 0.536 bits per heavy atom. The summed E-state index contributed by atoms with van der Waals surface area (Å²) in [6.45, 7) is 0. The second-order valence-corrected chi connectivity index (χ2v) is 8.52. The van der Waals surface area contributed by atoms with Crippen molar-refractivity contribution in [2.24, 2.45) is 0 Å². The van der Waals surface area contributed by atoms with Gasteiger partial charge < -0.3 is 4.90 Å². The van der Waals surface area contributed by atoms with Crippen LogP contribution in [-0.2, 0) is 5.41 Å². The zero-order valence-electron chi connectivity index (χ0n) is 15.6. The van der Waals surface area contributed by atoms with Crippen LogP contribution in [0.15, 0.2) is 107 Å². The first-order valence-corrected chi connectivity index (χ1v) is 10.4. The third-order valence-corrected chi connectivity index (χ3v) is 7.29. The van der Waals surface area contributed by atoms with E-state index in [9.17, 15) is 0 Å². The molecule has 2 heteroatoms. The molecule has 0 aromatic heterocycles. The van der Waals surface area contributed by atoms with Crippen LogP contribution in [0.3, 0.4) is 0 Å². The largest absolute Gasteiger partial charge is 0.344 e. The van der Waals surface area contributed by atoms with Crippen LogP contribution >= 0.6 is 11.8 Å². The Morgan fingerprint density at radius 2 is 0.929 bits per heavy atom. The maximum absolute atomic E-state index is 2.34. The minimum atomic E-state index is -0.294. The highest BCUT2D eigenvalue weighted by atomic mass is 32.2. The normalized spacial score (nSPS) is 15.4. The van der Waals surface area contributed by atoms with Crippen LogP contribution in [0.4, 0.5) is 11.4 Å². The van der Waals surface area contributed by atoms with Gasteiger partial charge in [0, 0.05) is 28.2 Å². The average Bonchev–Trinajstić information content (AvgIpc) is 2.77. The smallest absolute Gasteiger partial charge is 0.0763 e. The predicted octanol–water partition coefficient (Wildman–Crippen LogP) is 6.62. The standard InChI is InChI=1S/C26H19NS/c1-27-22-14-6-2-10-18(22)26(19-11-3-7-15-23(19)27)20-12-4-8-16-24(20)28-25-17-9-5-13-21(25)26/h2-17H,1H3. The molecule has 0 atom stereocenters. The fraction of sp³-hybridized carbons (Fsp3) is 0.0769. The van der Waals surface area contributed by atoms with Crippen LogP contribution in [0.2, 0.25) is 0 Å². The summed E-state index contributed by atoms with van der Waals surface area (Å²) in [5, 5.41) is 0. The van der Waals surface area contributed by atoms with Crippen LogP contribution in [0.1, 0.15) is 22.3 Å². The lowest BCUT2D eigenvalue weighted by molar-refractivity contribution is 0.689. The fourth-order valence-corrected chi connectivity index (χ4v) is 6.21. The molecule has 1 spiro atoms. The van der Waals surface area contributed by atoms with Gasteiger partial charge >= 0.3 is 0 Å². The van der Waals surface area contributed by atoms with E-state index in [2.05, 4.69) is 109 Å². The Labute approximate surface area is 169 Å². The summed E-state index contributed by atoms with van der Waals surface area (Å²) in [6, 6.07) is 35.6. The number of benzene rings is 4. The number of para-hydroxylation sites is 2. The van der Waals surface area contributed by atoms with Crippen molar-refractivity contribution in [3.05, 3.63) is 119 Å². The van der Waals surface area contributed by atoms with E-state index in [1.807, 2.05) is 11.8 Å². The molecule has 0 aliphatic carbocycles. The summed E-state index contributed by atoms with van der Waals surface area (Å²) in [4.78, 5) is 5.02. The molecule has 2 heterocycles. The lowest BCUT2D eigenvalue weighted by atomic mass is 9.62. The Balaban J connectivity index is 1.86. The molecule has 1 nitrogen and oxygen atoms in total. The Bertz CT molecular complexity index is 1130. The Hall–Kier alpha value is -2.97. The van der Waals surface area contributed by atoms with Gasteiger partial charge in [-0.1, -0.05) is 84.6 Å². The molecular formula is C26H19NS. The molecule has 0 saturated heterocycles. The van der Waals surface area contributed by atoms with Crippen molar-refractivity contribution in [1.29, 1.82) is 0 Å². The number of hydrogen-bond acceptors (Lipinski definition) is 2. The SMILES string of the molecule is CN1c2ccccc2C2(c3ccccc3Sc3ccccc32)c2ccccc21. The third kappa shape index (κ3) is 1.88. The fourth-order valence-electron chi connectivity index (χ4n) is 5.02. The van der Waals surface area contributed by atoms with E-state index < -0.39 is 0 Å². The average molecular weight is 378 g/mol. The molecule has 2 aliphatic rings. The highest BCUT2D eigenvalue weighted by molar-refractivity contribution is 7.99. The molecule has 28 heavy (non-hydrogen) atoms. The number of fused-ring (bicyclic) bond motifs is 8. The van der Waals surface area contributed by atoms with Gasteiger partial charge in [0.15, 0.2) is 0 Å². The second-order valence-electron chi connectivity index (χ2n) is 7.44. The van der Waals surface area contributed by atoms with Gasteiger partial charge in [-0.05, 0) is 46.5 Å². The van der Waals surface area contributed by atoms with Gasteiger partial charge in [-0.25, -0.2) is 0 Å². The molecular weight excluding hydrogens is 358 g/mol. The minimum Gasteiger partial charge on any atom is -0.344 e. The Kier molecular flexibility index (Phi) is 3.30. The van der Waals surface area contributed by atoms with E-state index in [1.54, 1.807) is 0 Å². The van der Waals surface area contributed by atoms with Gasteiger partial charge in [-0.3, -0.25) is 0 Å². The first-order chi connectivity index (χ1) is 13.8. The van der Waals surface area contributed by atoms with Crippen molar-refractivity contribution in [3.8, 4) is 0 Å². The molecule has 0 N–H and O–H groups in total. The molecule has 4 aromatic carbocycles. The number of rotatable bonds is 0. The van der Waals surface area contributed by atoms with Crippen LogP contribution in [0.25, 0.3) is 0 Å². The van der Waals surface area contributed by atoms with Crippen LogP contribution in [0, 0.1) is 0 Å². The molecule has 0 saturated carbocycles. The number of nitrogens with zero attached hydrogens (tertiary/aromatic N) is 1. The van der Waals surface area contributed by atoms with Crippen molar-refractivity contribution in [2.45, 2.75) is 15.2 Å². The van der Waals surface area contributed by atoms with Gasteiger partial charge in [0.1, 0.15) is 0 Å². The summed E-state index contributed by atoms with van der Waals surface area (Å²) in [5.41, 5.74) is 7.74. The summed E-state index contributed by atoms with van der Waals surface area (Å²) in [7, 11) is 2.18. The van der Waals surface area contributed by atoms with E-state index in [0.29, 0.717) is 0 Å². The highest BCUT2D eigenvalue weighted by Crippen LogP contribution is 2.61. The zero-order chi connectivity index (χ0) is 18.7. The number of hydrogen-bond donors (Lipinski definition) is 0. The highest BCUT2D eigenvalue weighted by Gasteiger charge is 2.49. The van der Waals surface area contributed by atoms with E-state index >= 15 is 0 Å². The van der Waals surface area contributed by atoms with Crippen molar-refractivity contribution < 1.29 is 0 Å². The van der Waals surface area contributed by atoms with Gasteiger partial charge in [0.05, 0.1) is 5.41 Å². The lowest BCUT2D eigenvalue weighted by Gasteiger charge is -2.48.